The molecule has 0 unspecified atom stereocenters. The van der Waals surface area contributed by atoms with E-state index in [1.54, 1.807) is 24.3 Å². The topological polar surface area (TPSA) is 95.5 Å². The summed E-state index contributed by atoms with van der Waals surface area (Å²) in [6.45, 7) is 0.376. The molecule has 1 fully saturated rings. The predicted octanol–water partition coefficient (Wildman–Crippen LogP) is 2.36. The quantitative estimate of drug-likeness (QED) is 0.626. The maximum Gasteiger partial charge on any atom is 0.305 e. The van der Waals surface area contributed by atoms with Gasteiger partial charge in [-0.2, -0.15) is 0 Å². The lowest BCUT2D eigenvalue weighted by Gasteiger charge is -2.41. The zero-order chi connectivity index (χ0) is 17.6. The Hall–Kier alpha value is -2.08. The number of carboxylic acid groups (broad SMARTS) is 1. The van der Waals surface area contributed by atoms with E-state index in [0.717, 1.165) is 6.42 Å². The zero-order valence-electron chi connectivity index (χ0n) is 13.3. The van der Waals surface area contributed by atoms with Crippen molar-refractivity contribution >= 4 is 29.4 Å². The van der Waals surface area contributed by atoms with E-state index in [9.17, 15) is 14.4 Å². The number of rotatable bonds is 8. The second-order valence-electron chi connectivity index (χ2n) is 6.12. The van der Waals surface area contributed by atoms with Gasteiger partial charge in [0.1, 0.15) is 0 Å². The number of hydrogen-bond donors (Lipinski definition) is 3. The van der Waals surface area contributed by atoms with Gasteiger partial charge in [0, 0.05) is 23.6 Å². The van der Waals surface area contributed by atoms with Crippen molar-refractivity contribution in [1.82, 2.24) is 10.6 Å². The van der Waals surface area contributed by atoms with Crippen molar-refractivity contribution in [3.63, 3.8) is 0 Å². The summed E-state index contributed by atoms with van der Waals surface area (Å²) in [6.07, 6.45) is 3.06. The molecule has 1 aromatic carbocycles. The van der Waals surface area contributed by atoms with Crippen LogP contribution in [0, 0.1) is 0 Å². The highest BCUT2D eigenvalue weighted by Gasteiger charge is 2.40. The number of halogens is 1. The summed E-state index contributed by atoms with van der Waals surface area (Å²) in [5.74, 6) is -1.28. The minimum atomic E-state index is -0.898. The van der Waals surface area contributed by atoms with E-state index in [2.05, 4.69) is 10.6 Å². The Morgan fingerprint density at radius 1 is 1.17 bits per heavy atom. The largest absolute Gasteiger partial charge is 0.481 e. The fraction of sp³-hybridized carbons (Fsp3) is 0.471. The van der Waals surface area contributed by atoms with Crippen LogP contribution in [0.2, 0.25) is 5.02 Å². The van der Waals surface area contributed by atoms with Gasteiger partial charge in [0.15, 0.2) is 0 Å². The van der Waals surface area contributed by atoms with Gasteiger partial charge < -0.3 is 15.7 Å². The van der Waals surface area contributed by atoms with Crippen LogP contribution in [0.3, 0.4) is 0 Å². The summed E-state index contributed by atoms with van der Waals surface area (Å²) < 4.78 is 0. The van der Waals surface area contributed by atoms with Gasteiger partial charge in [0.05, 0.1) is 12.0 Å². The Morgan fingerprint density at radius 2 is 1.83 bits per heavy atom. The van der Waals surface area contributed by atoms with Crippen molar-refractivity contribution in [3.05, 3.63) is 34.9 Å². The van der Waals surface area contributed by atoms with Crippen LogP contribution in [0.4, 0.5) is 0 Å². The third kappa shape index (κ3) is 5.23. The van der Waals surface area contributed by atoms with Crippen LogP contribution < -0.4 is 10.6 Å². The Labute approximate surface area is 145 Å². The highest BCUT2D eigenvalue weighted by atomic mass is 35.5. The van der Waals surface area contributed by atoms with Crippen molar-refractivity contribution in [2.75, 3.05) is 6.54 Å². The smallest absolute Gasteiger partial charge is 0.305 e. The van der Waals surface area contributed by atoms with Crippen LogP contribution >= 0.6 is 11.6 Å². The van der Waals surface area contributed by atoms with E-state index >= 15 is 0 Å². The first-order valence-electron chi connectivity index (χ1n) is 7.97. The number of benzene rings is 1. The Morgan fingerprint density at radius 3 is 2.38 bits per heavy atom. The summed E-state index contributed by atoms with van der Waals surface area (Å²) in [7, 11) is 0. The van der Waals surface area contributed by atoms with Gasteiger partial charge in [-0.15, -0.1) is 0 Å². The van der Waals surface area contributed by atoms with E-state index in [-0.39, 0.29) is 24.7 Å². The molecule has 6 nitrogen and oxygen atoms in total. The first-order chi connectivity index (χ1) is 11.4. The lowest BCUT2D eigenvalue weighted by molar-refractivity contribution is -0.140. The van der Waals surface area contributed by atoms with Gasteiger partial charge in [-0.25, -0.2) is 0 Å². The summed E-state index contributed by atoms with van der Waals surface area (Å²) in [5.41, 5.74) is -0.0612. The van der Waals surface area contributed by atoms with Crippen LogP contribution in [-0.2, 0) is 9.59 Å². The first-order valence-corrected chi connectivity index (χ1v) is 8.35. The Bertz CT molecular complexity index is 612. The van der Waals surface area contributed by atoms with Crippen molar-refractivity contribution in [2.24, 2.45) is 0 Å². The molecule has 1 aromatic rings. The molecule has 130 valence electrons. The summed E-state index contributed by atoms with van der Waals surface area (Å²) in [6, 6.07) is 6.56. The van der Waals surface area contributed by atoms with E-state index in [4.69, 9.17) is 16.7 Å². The maximum absolute atomic E-state index is 12.0. The van der Waals surface area contributed by atoms with Crippen molar-refractivity contribution < 1.29 is 19.5 Å². The molecule has 7 heteroatoms. The SMILES string of the molecule is O=C(O)CC1(NC(=O)CCCNC(=O)c2ccc(Cl)cc2)CCC1. The molecule has 0 spiro atoms. The van der Waals surface area contributed by atoms with E-state index in [0.29, 0.717) is 36.4 Å². The molecule has 0 saturated heterocycles. The monoisotopic (exact) mass is 352 g/mol. The highest BCUT2D eigenvalue weighted by Crippen LogP contribution is 2.34. The summed E-state index contributed by atoms with van der Waals surface area (Å²) in [4.78, 5) is 34.7. The fourth-order valence-electron chi connectivity index (χ4n) is 2.75. The molecule has 0 aromatic heterocycles. The number of carbonyl (C=O) groups is 3. The molecule has 1 aliphatic rings. The van der Waals surface area contributed by atoms with Crippen LogP contribution in [0.5, 0.6) is 0 Å². The first kappa shape index (κ1) is 18.3. The number of nitrogens with one attached hydrogen (secondary N) is 2. The second-order valence-corrected chi connectivity index (χ2v) is 6.56. The lowest BCUT2D eigenvalue weighted by atomic mass is 9.74. The predicted molar refractivity (Wildman–Crippen MR) is 90.0 cm³/mol. The molecular formula is C17H21ClN2O4. The van der Waals surface area contributed by atoms with Gasteiger partial charge in [-0.3, -0.25) is 14.4 Å². The molecule has 2 rings (SSSR count). The van der Waals surface area contributed by atoms with Crippen LogP contribution in [0.1, 0.15) is 48.9 Å². The summed E-state index contributed by atoms with van der Waals surface area (Å²) in [5, 5.41) is 15.1. The minimum absolute atomic E-state index is 0.0357. The minimum Gasteiger partial charge on any atom is -0.481 e. The van der Waals surface area contributed by atoms with Gasteiger partial charge in [-0.05, 0) is 49.9 Å². The molecule has 0 aliphatic heterocycles. The average molecular weight is 353 g/mol. The highest BCUT2D eigenvalue weighted by molar-refractivity contribution is 6.30. The number of aliphatic carboxylic acids is 1. The summed E-state index contributed by atoms with van der Waals surface area (Å²) >= 11 is 5.77. The Kier molecular flexibility index (Phi) is 6.20. The standard InChI is InChI=1S/C17H21ClN2O4/c18-13-6-4-12(5-7-13)16(24)19-10-1-3-14(21)20-17(8-2-9-17)11-15(22)23/h4-7H,1-3,8-11H2,(H,19,24)(H,20,21)(H,22,23). The van der Waals surface area contributed by atoms with E-state index < -0.39 is 11.5 Å². The molecule has 1 aliphatic carbocycles. The van der Waals surface area contributed by atoms with Gasteiger partial charge >= 0.3 is 5.97 Å². The van der Waals surface area contributed by atoms with Gasteiger partial charge in [0.25, 0.3) is 5.91 Å². The third-order valence-electron chi connectivity index (χ3n) is 4.18. The molecule has 0 atom stereocenters. The molecule has 24 heavy (non-hydrogen) atoms. The average Bonchev–Trinajstić information content (AvgIpc) is 2.49. The molecule has 0 bridgehead atoms. The zero-order valence-corrected chi connectivity index (χ0v) is 14.1. The molecular weight excluding hydrogens is 332 g/mol. The molecule has 1 saturated carbocycles. The van der Waals surface area contributed by atoms with E-state index in [1.807, 2.05) is 0 Å². The van der Waals surface area contributed by atoms with Crippen molar-refractivity contribution in [3.8, 4) is 0 Å². The number of carboxylic acids is 1. The number of carbonyl (C=O) groups excluding carboxylic acids is 2. The van der Waals surface area contributed by atoms with Gasteiger partial charge in [-0.1, -0.05) is 11.6 Å². The molecule has 2 amide bonds. The van der Waals surface area contributed by atoms with Crippen molar-refractivity contribution in [2.45, 2.75) is 44.1 Å². The van der Waals surface area contributed by atoms with Crippen molar-refractivity contribution in [1.29, 1.82) is 0 Å². The normalized spacial score (nSPS) is 15.2. The second kappa shape index (κ2) is 8.15. The van der Waals surface area contributed by atoms with E-state index in [1.165, 1.54) is 0 Å². The van der Waals surface area contributed by atoms with Crippen LogP contribution in [0.15, 0.2) is 24.3 Å². The van der Waals surface area contributed by atoms with Gasteiger partial charge in [0.2, 0.25) is 5.91 Å². The fourth-order valence-corrected chi connectivity index (χ4v) is 2.88. The number of amides is 2. The lowest BCUT2D eigenvalue weighted by Crippen LogP contribution is -2.54. The molecule has 0 heterocycles. The molecule has 0 radical (unpaired) electrons. The molecule has 3 N–H and O–H groups in total. The Balaban J connectivity index is 1.68. The number of hydrogen-bond acceptors (Lipinski definition) is 3. The maximum atomic E-state index is 12.0. The van der Waals surface area contributed by atoms with Crippen LogP contribution in [0.25, 0.3) is 0 Å². The van der Waals surface area contributed by atoms with Crippen LogP contribution in [-0.4, -0.2) is 35.0 Å². The third-order valence-corrected chi connectivity index (χ3v) is 4.43.